The predicted molar refractivity (Wildman–Crippen MR) is 166 cm³/mol. The largest absolute Gasteiger partial charge is 0.490 e. The lowest BCUT2D eigenvalue weighted by molar-refractivity contribution is -0.140. The molecule has 0 spiro atoms. The number of ether oxygens (including phenoxy) is 3. The minimum Gasteiger partial charge on any atom is -0.490 e. The van der Waals surface area contributed by atoms with Crippen LogP contribution in [-0.2, 0) is 16.1 Å². The normalized spacial score (nSPS) is 15.0. The van der Waals surface area contributed by atoms with E-state index < -0.39 is 35.0 Å². The van der Waals surface area contributed by atoms with Crippen molar-refractivity contribution in [2.75, 3.05) is 13.2 Å². The molecule has 4 aromatic rings. The number of aromatic nitrogens is 1. The molecule has 13 heteroatoms. The number of hydrogen-bond donors (Lipinski definition) is 0. The van der Waals surface area contributed by atoms with Gasteiger partial charge >= 0.3 is 12.1 Å². The fraction of sp³-hybridized carbons (Fsp3) is 0.219. The van der Waals surface area contributed by atoms with E-state index in [2.05, 4.69) is 4.99 Å². The molecule has 0 aliphatic carbocycles. The molecule has 0 saturated carbocycles. The van der Waals surface area contributed by atoms with Crippen molar-refractivity contribution in [1.82, 2.24) is 4.57 Å². The van der Waals surface area contributed by atoms with Crippen LogP contribution in [0.2, 0.25) is 10.0 Å². The number of rotatable bonds is 9. The van der Waals surface area contributed by atoms with Gasteiger partial charge in [0.05, 0.1) is 29.4 Å². The summed E-state index contributed by atoms with van der Waals surface area (Å²) in [5.41, 5.74) is -1.32. The van der Waals surface area contributed by atoms with E-state index in [1.165, 1.54) is 37.3 Å². The van der Waals surface area contributed by atoms with Crippen LogP contribution in [-0.4, -0.2) is 29.9 Å². The summed E-state index contributed by atoms with van der Waals surface area (Å²) in [6, 6.07) is 16.7. The van der Waals surface area contributed by atoms with Gasteiger partial charge in [0.25, 0.3) is 5.56 Å². The Hall–Kier alpha value is -4.06. The molecule has 3 aromatic carbocycles. The number of benzene rings is 3. The molecule has 0 unspecified atom stereocenters. The van der Waals surface area contributed by atoms with Gasteiger partial charge in [-0.1, -0.05) is 70.9 Å². The van der Waals surface area contributed by atoms with Crippen molar-refractivity contribution < 1.29 is 32.2 Å². The number of carbonyl (C=O) groups excluding carboxylic acids is 1. The number of fused-ring (bicyclic) bond motifs is 1. The van der Waals surface area contributed by atoms with Crippen LogP contribution in [0.15, 0.2) is 87.8 Å². The van der Waals surface area contributed by atoms with Gasteiger partial charge in [0.2, 0.25) is 0 Å². The Morgan fingerprint density at radius 3 is 2.40 bits per heavy atom. The average Bonchev–Trinajstić information content (AvgIpc) is 3.31. The zero-order valence-electron chi connectivity index (χ0n) is 23.9. The van der Waals surface area contributed by atoms with Crippen LogP contribution < -0.4 is 24.4 Å². The van der Waals surface area contributed by atoms with Crippen LogP contribution in [0, 0.1) is 0 Å². The van der Waals surface area contributed by atoms with Crippen molar-refractivity contribution in [2.24, 2.45) is 4.99 Å². The summed E-state index contributed by atoms with van der Waals surface area (Å²) in [7, 11) is 0. The van der Waals surface area contributed by atoms with Crippen molar-refractivity contribution >= 4 is 46.6 Å². The fourth-order valence-electron chi connectivity index (χ4n) is 4.73. The van der Waals surface area contributed by atoms with Gasteiger partial charge < -0.3 is 14.2 Å². The molecular formula is C32H25Cl2F3N2O5S. The molecule has 0 bridgehead atoms. The lowest BCUT2D eigenvalue weighted by atomic mass is 9.95. The standard InChI is InChI=1S/C32H25Cl2F3N2O5S/c1-3-42-24-15-18(9-14-23(24)44-17-20-7-5-6-8-22(20)34)16-25-29(40)39-27(19-10-12-21(33)13-11-19)26(30(41)43-4-2)28(32(35,36)37)38-31(39)45-25/h5-16,27H,3-4,17H2,1-2H3/b25-16-/t27-/m0/s1. The van der Waals surface area contributed by atoms with E-state index in [4.69, 9.17) is 37.4 Å². The molecule has 1 aromatic heterocycles. The summed E-state index contributed by atoms with van der Waals surface area (Å²) < 4.78 is 60.9. The number of thiazole rings is 1. The molecule has 0 radical (unpaired) electrons. The lowest BCUT2D eigenvalue weighted by Gasteiger charge is -2.26. The third-order valence-electron chi connectivity index (χ3n) is 6.69. The second-order valence-electron chi connectivity index (χ2n) is 9.63. The molecule has 5 rings (SSSR count). The Morgan fingerprint density at radius 1 is 1.00 bits per heavy atom. The van der Waals surface area contributed by atoms with Gasteiger partial charge in [-0.25, -0.2) is 9.79 Å². The second-order valence-corrected chi connectivity index (χ2v) is 11.5. The lowest BCUT2D eigenvalue weighted by Crippen LogP contribution is -2.41. The number of halogens is 5. The second kappa shape index (κ2) is 13.5. The topological polar surface area (TPSA) is 79.1 Å². The van der Waals surface area contributed by atoms with Crippen LogP contribution in [0.3, 0.4) is 0 Å². The Kier molecular flexibility index (Phi) is 9.71. The van der Waals surface area contributed by atoms with E-state index in [0.29, 0.717) is 33.7 Å². The molecular weight excluding hydrogens is 652 g/mol. The van der Waals surface area contributed by atoms with Gasteiger partial charge in [0.1, 0.15) is 6.61 Å². The zero-order valence-corrected chi connectivity index (χ0v) is 26.2. The van der Waals surface area contributed by atoms with Crippen molar-refractivity contribution in [3.8, 4) is 11.5 Å². The first-order valence-electron chi connectivity index (χ1n) is 13.7. The third kappa shape index (κ3) is 6.95. The minimum atomic E-state index is -5.01. The first-order valence-corrected chi connectivity index (χ1v) is 15.3. The summed E-state index contributed by atoms with van der Waals surface area (Å²) in [5.74, 6) is -0.391. The number of nitrogens with zero attached hydrogens (tertiary/aromatic N) is 2. The van der Waals surface area contributed by atoms with Crippen molar-refractivity contribution in [1.29, 1.82) is 0 Å². The molecule has 234 valence electrons. The quantitative estimate of drug-likeness (QED) is 0.186. The van der Waals surface area contributed by atoms with Crippen LogP contribution in [0.4, 0.5) is 13.2 Å². The van der Waals surface area contributed by atoms with E-state index in [1.807, 2.05) is 18.2 Å². The number of allylic oxidation sites excluding steroid dienone is 1. The summed E-state index contributed by atoms with van der Waals surface area (Å²) in [6.07, 6.45) is -3.49. The van der Waals surface area contributed by atoms with Crippen LogP contribution >= 0.6 is 34.5 Å². The highest BCUT2D eigenvalue weighted by atomic mass is 35.5. The third-order valence-corrected chi connectivity index (χ3v) is 8.29. The first-order chi connectivity index (χ1) is 21.5. The molecule has 7 nitrogen and oxygen atoms in total. The van der Waals surface area contributed by atoms with Crippen LogP contribution in [0.1, 0.15) is 36.6 Å². The zero-order chi connectivity index (χ0) is 32.3. The van der Waals surface area contributed by atoms with Gasteiger partial charge in [-0.15, -0.1) is 0 Å². The van der Waals surface area contributed by atoms with Gasteiger partial charge in [-0.05, 0) is 61.4 Å². The monoisotopic (exact) mass is 676 g/mol. The molecule has 0 amide bonds. The van der Waals surface area contributed by atoms with E-state index in [1.54, 1.807) is 31.2 Å². The average molecular weight is 678 g/mol. The fourth-order valence-corrected chi connectivity index (χ4v) is 6.04. The number of alkyl halides is 3. The van der Waals surface area contributed by atoms with Gasteiger partial charge in [0.15, 0.2) is 22.0 Å². The Bertz CT molecular complexity index is 1950. The van der Waals surface area contributed by atoms with Gasteiger partial charge in [-0.3, -0.25) is 9.36 Å². The SMILES string of the molecule is CCOC(=O)C1=C(C(F)(F)F)N=c2s/c(=C\c3ccc(OCc4ccccc4Cl)c(OCC)c3)c(=O)n2[C@H]1c1ccc(Cl)cc1. The summed E-state index contributed by atoms with van der Waals surface area (Å²) >= 11 is 13.0. The van der Waals surface area contributed by atoms with E-state index in [9.17, 15) is 22.8 Å². The first kappa shape index (κ1) is 32.3. The van der Waals surface area contributed by atoms with Crippen molar-refractivity contribution in [2.45, 2.75) is 32.7 Å². The molecule has 45 heavy (non-hydrogen) atoms. The highest BCUT2D eigenvalue weighted by Crippen LogP contribution is 2.38. The predicted octanol–water partition coefficient (Wildman–Crippen LogP) is 6.63. The molecule has 1 aliphatic heterocycles. The highest BCUT2D eigenvalue weighted by molar-refractivity contribution is 7.07. The van der Waals surface area contributed by atoms with Crippen LogP contribution in [0.25, 0.3) is 6.08 Å². The molecule has 0 saturated heterocycles. The van der Waals surface area contributed by atoms with E-state index in [0.717, 1.165) is 21.5 Å². The molecule has 2 heterocycles. The number of hydrogen-bond acceptors (Lipinski definition) is 7. The van der Waals surface area contributed by atoms with E-state index in [-0.39, 0.29) is 28.1 Å². The smallest absolute Gasteiger partial charge is 0.434 e. The molecule has 0 fully saturated rings. The van der Waals surface area contributed by atoms with E-state index >= 15 is 0 Å². The maximum Gasteiger partial charge on any atom is 0.434 e. The molecule has 0 N–H and O–H groups in total. The van der Waals surface area contributed by atoms with Crippen molar-refractivity contribution in [3.63, 3.8) is 0 Å². The molecule has 1 atom stereocenters. The Balaban J connectivity index is 1.62. The van der Waals surface area contributed by atoms with Gasteiger partial charge in [0, 0.05) is 15.6 Å². The van der Waals surface area contributed by atoms with Crippen LogP contribution in [0.5, 0.6) is 11.5 Å². The maximum atomic E-state index is 14.3. The minimum absolute atomic E-state index is 0.0894. The maximum absolute atomic E-state index is 14.3. The molecule has 1 aliphatic rings. The Labute approximate surface area is 269 Å². The van der Waals surface area contributed by atoms with Crippen molar-refractivity contribution in [3.05, 3.63) is 124 Å². The summed E-state index contributed by atoms with van der Waals surface area (Å²) in [4.78, 5) is 30.4. The number of carbonyl (C=O) groups is 1. The Morgan fingerprint density at radius 2 is 1.73 bits per heavy atom. The van der Waals surface area contributed by atoms with Gasteiger partial charge in [-0.2, -0.15) is 13.2 Å². The number of esters is 1. The highest BCUT2D eigenvalue weighted by Gasteiger charge is 2.45. The summed E-state index contributed by atoms with van der Waals surface area (Å²) in [5, 5.41) is 0.882. The summed E-state index contributed by atoms with van der Waals surface area (Å²) in [6.45, 7) is 3.62.